The van der Waals surface area contributed by atoms with Crippen LogP contribution in [0.5, 0.6) is 5.88 Å². The zero-order chi connectivity index (χ0) is 22.5. The molecule has 0 aliphatic carbocycles. The minimum atomic E-state index is 0. The fraction of sp³-hybridized carbons (Fsp3) is 0.423. The first-order valence-electron chi connectivity index (χ1n) is 11.2. The Bertz CT molecular complexity index is 1090. The molecule has 1 fully saturated rings. The highest BCUT2D eigenvalue weighted by Gasteiger charge is 2.19. The van der Waals surface area contributed by atoms with Crippen molar-refractivity contribution in [1.82, 2.24) is 14.9 Å². The van der Waals surface area contributed by atoms with Crippen LogP contribution in [0.4, 0.5) is 11.6 Å². The van der Waals surface area contributed by atoms with E-state index < -0.39 is 0 Å². The largest absolute Gasteiger partial charge is 0.481 e. The molecule has 3 heterocycles. The number of nitrogen functional groups attached to an aromatic ring is 1. The first-order valence-corrected chi connectivity index (χ1v) is 11.2. The summed E-state index contributed by atoms with van der Waals surface area (Å²) in [4.78, 5) is 24.1. The molecule has 0 atom stereocenters. The van der Waals surface area contributed by atoms with Crippen LogP contribution in [-0.4, -0.2) is 54.4 Å². The van der Waals surface area contributed by atoms with E-state index in [4.69, 9.17) is 10.5 Å². The van der Waals surface area contributed by atoms with Crippen LogP contribution in [-0.2, 0) is 6.42 Å². The van der Waals surface area contributed by atoms with Gasteiger partial charge in [0.05, 0.1) is 12.7 Å². The van der Waals surface area contributed by atoms with Crippen LogP contribution in [0.25, 0.3) is 10.8 Å². The molecule has 0 radical (unpaired) electrons. The molecule has 0 unspecified atom stereocenters. The van der Waals surface area contributed by atoms with Crippen LogP contribution in [0.3, 0.4) is 0 Å². The lowest BCUT2D eigenvalue weighted by Crippen LogP contribution is -2.33. The van der Waals surface area contributed by atoms with E-state index in [0.717, 1.165) is 48.8 Å². The number of pyridine rings is 2. The number of methoxy groups -OCH3 is 1. The molecule has 33 heavy (non-hydrogen) atoms. The Kier molecular flexibility index (Phi) is 8.22. The standard InChI is InChI=1S/C25H31N5O2.CH4/c1-30-13-10-18(11-14-30)16-28-25-21(6-8-23(29-25)32-2)22(31)7-4-17-3-5-20-19(15-17)9-12-27-24(20)26;/h3,5-6,8-9,12,15,18H,4,7,10-11,13-14,16H2,1-2H3,(H2,26,27)(H,28,29);1H4. The Hall–Kier alpha value is -3.19. The van der Waals surface area contributed by atoms with Crippen molar-refractivity contribution in [2.45, 2.75) is 33.1 Å². The van der Waals surface area contributed by atoms with Crippen molar-refractivity contribution in [2.24, 2.45) is 5.92 Å². The highest BCUT2D eigenvalue weighted by molar-refractivity contribution is 6.00. The number of likely N-dealkylation sites (tertiary alicyclic amines) is 1. The summed E-state index contributed by atoms with van der Waals surface area (Å²) in [5, 5.41) is 5.40. The predicted octanol–water partition coefficient (Wildman–Crippen LogP) is 4.43. The van der Waals surface area contributed by atoms with Crippen molar-refractivity contribution in [3.8, 4) is 5.88 Å². The van der Waals surface area contributed by atoms with Gasteiger partial charge in [0.1, 0.15) is 11.6 Å². The van der Waals surface area contributed by atoms with Gasteiger partial charge in [-0.05, 0) is 68.4 Å². The topological polar surface area (TPSA) is 93.4 Å². The molecule has 176 valence electrons. The molecule has 4 rings (SSSR count). The molecule has 0 spiro atoms. The number of ketones is 1. The van der Waals surface area contributed by atoms with Crippen molar-refractivity contribution >= 4 is 28.2 Å². The summed E-state index contributed by atoms with van der Waals surface area (Å²) in [5.41, 5.74) is 7.66. The first kappa shape index (κ1) is 24.5. The van der Waals surface area contributed by atoms with Crippen LogP contribution in [0.2, 0.25) is 0 Å². The minimum absolute atomic E-state index is 0. The summed E-state index contributed by atoms with van der Waals surface area (Å²) in [7, 11) is 3.75. The van der Waals surface area contributed by atoms with Gasteiger partial charge < -0.3 is 20.7 Å². The van der Waals surface area contributed by atoms with Crippen molar-refractivity contribution < 1.29 is 9.53 Å². The Morgan fingerprint density at radius 3 is 2.76 bits per heavy atom. The molecular weight excluding hydrogens is 414 g/mol. The highest BCUT2D eigenvalue weighted by Crippen LogP contribution is 2.24. The molecule has 1 aliphatic heterocycles. The smallest absolute Gasteiger partial charge is 0.214 e. The van der Waals surface area contributed by atoms with Gasteiger partial charge in [-0.2, -0.15) is 4.98 Å². The van der Waals surface area contributed by atoms with E-state index >= 15 is 0 Å². The summed E-state index contributed by atoms with van der Waals surface area (Å²) in [6.07, 6.45) is 5.07. The van der Waals surface area contributed by atoms with Crippen molar-refractivity contribution in [2.75, 3.05) is 44.8 Å². The molecule has 3 N–H and O–H groups in total. The van der Waals surface area contributed by atoms with Gasteiger partial charge in [0.15, 0.2) is 5.78 Å². The lowest BCUT2D eigenvalue weighted by Gasteiger charge is -2.29. The third-order valence-corrected chi connectivity index (χ3v) is 6.28. The van der Waals surface area contributed by atoms with Crippen molar-refractivity contribution in [3.05, 3.63) is 53.7 Å². The molecule has 0 amide bonds. The number of Topliss-reactive ketones (excluding diaryl/α,β-unsaturated/α-hetero) is 1. The summed E-state index contributed by atoms with van der Waals surface area (Å²) in [6, 6.07) is 11.6. The lowest BCUT2D eigenvalue weighted by atomic mass is 9.97. The average Bonchev–Trinajstić information content (AvgIpc) is 2.82. The number of aromatic nitrogens is 2. The minimum Gasteiger partial charge on any atom is -0.481 e. The van der Waals surface area contributed by atoms with E-state index in [0.29, 0.717) is 41.8 Å². The van der Waals surface area contributed by atoms with E-state index in [1.165, 1.54) is 0 Å². The number of anilines is 2. The third kappa shape index (κ3) is 5.99. The molecule has 1 saturated heterocycles. The monoisotopic (exact) mass is 449 g/mol. The van der Waals surface area contributed by atoms with Gasteiger partial charge in [-0.3, -0.25) is 4.79 Å². The SMILES string of the molecule is C.COc1ccc(C(=O)CCc2ccc3c(N)nccc3c2)c(NCC2CCN(C)CC2)n1. The zero-order valence-corrected chi connectivity index (χ0v) is 18.8. The van der Waals surface area contributed by atoms with Gasteiger partial charge in [0.2, 0.25) is 5.88 Å². The maximum absolute atomic E-state index is 13.1. The summed E-state index contributed by atoms with van der Waals surface area (Å²) in [6.45, 7) is 3.03. The molecular formula is C26H35N5O2. The number of piperidine rings is 1. The van der Waals surface area contributed by atoms with Crippen LogP contribution in [0, 0.1) is 5.92 Å². The van der Waals surface area contributed by atoms with Crippen LogP contribution < -0.4 is 15.8 Å². The summed E-state index contributed by atoms with van der Waals surface area (Å²) in [5.74, 6) is 2.30. The number of hydrogen-bond donors (Lipinski definition) is 2. The van der Waals surface area contributed by atoms with E-state index in [2.05, 4.69) is 33.3 Å². The number of ether oxygens (including phenoxy) is 1. The Balaban J connectivity index is 0.00000306. The maximum atomic E-state index is 13.1. The first-order chi connectivity index (χ1) is 15.5. The molecule has 1 aromatic carbocycles. The average molecular weight is 450 g/mol. The Morgan fingerprint density at radius 2 is 2.00 bits per heavy atom. The third-order valence-electron chi connectivity index (χ3n) is 6.28. The molecule has 3 aromatic rings. The number of aryl methyl sites for hydroxylation is 1. The van der Waals surface area contributed by atoms with E-state index in [1.807, 2.05) is 24.3 Å². The van der Waals surface area contributed by atoms with Gasteiger partial charge >= 0.3 is 0 Å². The number of hydrogen-bond acceptors (Lipinski definition) is 7. The second-order valence-corrected chi connectivity index (χ2v) is 8.55. The van der Waals surface area contributed by atoms with Crippen LogP contribution in [0.1, 0.15) is 42.6 Å². The van der Waals surface area contributed by atoms with Crippen molar-refractivity contribution in [1.29, 1.82) is 0 Å². The highest BCUT2D eigenvalue weighted by atomic mass is 16.5. The number of fused-ring (bicyclic) bond motifs is 1. The second-order valence-electron chi connectivity index (χ2n) is 8.55. The quantitative estimate of drug-likeness (QED) is 0.492. The van der Waals surface area contributed by atoms with E-state index in [9.17, 15) is 4.79 Å². The number of nitrogens with zero attached hydrogens (tertiary/aromatic N) is 3. The van der Waals surface area contributed by atoms with E-state index in [-0.39, 0.29) is 13.2 Å². The number of rotatable bonds is 8. The van der Waals surface area contributed by atoms with Gasteiger partial charge in [-0.1, -0.05) is 25.6 Å². The number of carbonyl (C=O) groups excluding carboxylic acids is 1. The molecule has 0 saturated carbocycles. The lowest BCUT2D eigenvalue weighted by molar-refractivity contribution is 0.0983. The summed E-state index contributed by atoms with van der Waals surface area (Å²) < 4.78 is 5.29. The number of nitrogens with one attached hydrogen (secondary N) is 1. The number of carbonyl (C=O) groups is 1. The Labute approximate surface area is 196 Å². The van der Waals surface area contributed by atoms with Gasteiger partial charge in [0.25, 0.3) is 0 Å². The predicted molar refractivity (Wildman–Crippen MR) is 135 cm³/mol. The second kappa shape index (κ2) is 11.1. The van der Waals surface area contributed by atoms with Gasteiger partial charge in [-0.25, -0.2) is 4.98 Å². The number of nitrogens with two attached hydrogens (primary N) is 1. The maximum Gasteiger partial charge on any atom is 0.214 e. The number of benzene rings is 1. The van der Waals surface area contributed by atoms with Crippen LogP contribution >= 0.6 is 0 Å². The molecule has 2 aromatic heterocycles. The molecule has 0 bridgehead atoms. The fourth-order valence-corrected chi connectivity index (χ4v) is 4.22. The fourth-order valence-electron chi connectivity index (χ4n) is 4.22. The normalized spacial score (nSPS) is 14.6. The molecule has 1 aliphatic rings. The van der Waals surface area contributed by atoms with Crippen LogP contribution in [0.15, 0.2) is 42.6 Å². The Morgan fingerprint density at radius 1 is 1.21 bits per heavy atom. The van der Waals surface area contributed by atoms with Gasteiger partial charge in [-0.15, -0.1) is 0 Å². The van der Waals surface area contributed by atoms with Gasteiger partial charge in [0, 0.05) is 30.6 Å². The zero-order valence-electron chi connectivity index (χ0n) is 18.8. The molecule has 7 nitrogen and oxygen atoms in total. The van der Waals surface area contributed by atoms with E-state index in [1.54, 1.807) is 19.4 Å². The molecule has 7 heteroatoms. The summed E-state index contributed by atoms with van der Waals surface area (Å²) >= 11 is 0. The van der Waals surface area contributed by atoms with Crippen molar-refractivity contribution in [3.63, 3.8) is 0 Å².